The summed E-state index contributed by atoms with van der Waals surface area (Å²) in [5, 5.41) is 8.08. The summed E-state index contributed by atoms with van der Waals surface area (Å²) in [7, 11) is 0. The van der Waals surface area contributed by atoms with Crippen molar-refractivity contribution < 1.29 is 23.9 Å². The Morgan fingerprint density at radius 2 is 1.97 bits per heavy atom. The fourth-order valence-electron chi connectivity index (χ4n) is 3.36. The fraction of sp³-hybridized carbons (Fsp3) is 0.143. The first-order chi connectivity index (χ1) is 15.5. The number of carbonyl (C=O) groups excluding carboxylic acids is 3. The van der Waals surface area contributed by atoms with E-state index in [9.17, 15) is 14.4 Å². The monoisotopic (exact) mass is 470 g/mol. The third-order valence-corrected chi connectivity index (χ3v) is 5.82. The van der Waals surface area contributed by atoms with Crippen LogP contribution in [0.4, 0.5) is 16.5 Å². The molecule has 3 amide bonds. The standard InChI is InChI=1S/C21H15ClN4O5S/c22-12-2-4-17-15(6-12)26(20(29)9-31-17)7-18(27)25-21-24-14(10-32-21)11-1-3-16-13(5-11)23-19(28)8-30-16/h1-6,10H,7-9H2,(H,23,28)(H,24,25,27). The van der Waals surface area contributed by atoms with Crippen LogP contribution in [-0.4, -0.2) is 42.5 Å². The minimum atomic E-state index is -0.404. The van der Waals surface area contributed by atoms with Crippen molar-refractivity contribution in [2.75, 3.05) is 35.3 Å². The SMILES string of the molecule is O=C(CN1C(=O)COc2ccc(Cl)cc21)Nc1nc(-c2ccc3c(c2)NC(=O)CO3)cs1. The van der Waals surface area contributed by atoms with Crippen molar-refractivity contribution in [1.29, 1.82) is 0 Å². The molecule has 32 heavy (non-hydrogen) atoms. The molecule has 0 radical (unpaired) electrons. The fourth-order valence-corrected chi connectivity index (χ4v) is 4.26. The first-order valence-corrected chi connectivity index (χ1v) is 10.8. The van der Waals surface area contributed by atoms with E-state index >= 15 is 0 Å². The Kier molecular flexibility index (Phi) is 5.16. The van der Waals surface area contributed by atoms with Crippen molar-refractivity contribution in [2.45, 2.75) is 0 Å². The minimum absolute atomic E-state index is 0.0123. The summed E-state index contributed by atoms with van der Waals surface area (Å²) < 4.78 is 10.8. The number of carbonyl (C=O) groups is 3. The summed E-state index contributed by atoms with van der Waals surface area (Å²) in [5.41, 5.74) is 2.41. The van der Waals surface area contributed by atoms with E-state index < -0.39 is 5.91 Å². The highest BCUT2D eigenvalue weighted by Gasteiger charge is 2.28. The predicted octanol–water partition coefficient (Wildman–Crippen LogP) is 3.16. The third kappa shape index (κ3) is 3.97. The number of amides is 3. The van der Waals surface area contributed by atoms with E-state index in [0.29, 0.717) is 38.7 Å². The van der Waals surface area contributed by atoms with Crippen LogP contribution in [0, 0.1) is 0 Å². The van der Waals surface area contributed by atoms with Crippen LogP contribution in [0.1, 0.15) is 0 Å². The van der Waals surface area contributed by atoms with Crippen LogP contribution in [0.3, 0.4) is 0 Å². The molecule has 0 saturated heterocycles. The van der Waals surface area contributed by atoms with Crippen LogP contribution in [0.15, 0.2) is 41.8 Å². The Balaban J connectivity index is 1.30. The van der Waals surface area contributed by atoms with Gasteiger partial charge >= 0.3 is 0 Å². The first kappa shape index (κ1) is 20.3. The number of rotatable bonds is 4. The molecule has 0 spiro atoms. The third-order valence-electron chi connectivity index (χ3n) is 4.82. The van der Waals surface area contributed by atoms with Gasteiger partial charge in [0.05, 0.1) is 17.1 Å². The molecule has 2 aliphatic heterocycles. The molecule has 2 aliphatic rings. The average Bonchev–Trinajstić information content (AvgIpc) is 3.23. The molecular weight excluding hydrogens is 456 g/mol. The zero-order chi connectivity index (χ0) is 22.2. The topological polar surface area (TPSA) is 110 Å². The number of halogens is 1. The highest BCUT2D eigenvalue weighted by atomic mass is 35.5. The van der Waals surface area contributed by atoms with Crippen molar-refractivity contribution in [1.82, 2.24) is 4.98 Å². The summed E-state index contributed by atoms with van der Waals surface area (Å²) >= 11 is 7.29. The minimum Gasteiger partial charge on any atom is -0.482 e. The Labute approximate surface area is 190 Å². The van der Waals surface area contributed by atoms with Gasteiger partial charge in [0.2, 0.25) is 5.91 Å². The van der Waals surface area contributed by atoms with E-state index in [-0.39, 0.29) is 31.6 Å². The zero-order valence-corrected chi connectivity index (χ0v) is 18.0. The van der Waals surface area contributed by atoms with E-state index in [1.807, 2.05) is 6.07 Å². The quantitative estimate of drug-likeness (QED) is 0.606. The van der Waals surface area contributed by atoms with Crippen LogP contribution < -0.4 is 25.0 Å². The smallest absolute Gasteiger partial charge is 0.265 e. The van der Waals surface area contributed by atoms with Crippen molar-refractivity contribution in [2.24, 2.45) is 0 Å². The molecule has 11 heteroatoms. The molecule has 0 aliphatic carbocycles. The number of ether oxygens (including phenoxy) is 2. The molecular formula is C21H15ClN4O5S. The highest BCUT2D eigenvalue weighted by molar-refractivity contribution is 7.14. The van der Waals surface area contributed by atoms with Gasteiger partial charge in [-0.05, 0) is 36.4 Å². The van der Waals surface area contributed by atoms with E-state index in [1.54, 1.807) is 35.7 Å². The molecule has 2 N–H and O–H groups in total. The Morgan fingerprint density at radius 3 is 2.84 bits per heavy atom. The molecule has 0 saturated carbocycles. The summed E-state index contributed by atoms with van der Waals surface area (Å²) in [5.74, 6) is 0.113. The van der Waals surface area contributed by atoms with Gasteiger partial charge in [-0.25, -0.2) is 4.98 Å². The van der Waals surface area contributed by atoms with Gasteiger partial charge in [0.25, 0.3) is 11.8 Å². The van der Waals surface area contributed by atoms with E-state index in [0.717, 1.165) is 5.56 Å². The second-order valence-electron chi connectivity index (χ2n) is 7.01. The van der Waals surface area contributed by atoms with Crippen LogP contribution in [-0.2, 0) is 14.4 Å². The predicted molar refractivity (Wildman–Crippen MR) is 120 cm³/mol. The van der Waals surface area contributed by atoms with Crippen molar-refractivity contribution in [3.63, 3.8) is 0 Å². The second-order valence-corrected chi connectivity index (χ2v) is 8.31. The molecule has 3 aromatic rings. The number of anilines is 3. The van der Waals surface area contributed by atoms with Gasteiger partial charge < -0.3 is 20.1 Å². The Hall–Kier alpha value is -3.63. The molecule has 162 valence electrons. The summed E-state index contributed by atoms with van der Waals surface area (Å²) in [6.45, 7) is -0.365. The summed E-state index contributed by atoms with van der Waals surface area (Å²) in [6.07, 6.45) is 0. The van der Waals surface area contributed by atoms with E-state index in [2.05, 4.69) is 15.6 Å². The number of benzene rings is 2. The van der Waals surface area contributed by atoms with Gasteiger partial charge in [-0.1, -0.05) is 11.6 Å². The van der Waals surface area contributed by atoms with Crippen LogP contribution >= 0.6 is 22.9 Å². The van der Waals surface area contributed by atoms with Crippen molar-refractivity contribution >= 4 is 57.2 Å². The van der Waals surface area contributed by atoms with Gasteiger partial charge in [0.1, 0.15) is 18.0 Å². The molecule has 9 nitrogen and oxygen atoms in total. The largest absolute Gasteiger partial charge is 0.482 e. The van der Waals surface area contributed by atoms with E-state index in [4.69, 9.17) is 21.1 Å². The van der Waals surface area contributed by atoms with Gasteiger partial charge in [-0.2, -0.15) is 0 Å². The van der Waals surface area contributed by atoms with Gasteiger partial charge in [0.15, 0.2) is 18.3 Å². The number of thiazole rings is 1. The zero-order valence-electron chi connectivity index (χ0n) is 16.4. The lowest BCUT2D eigenvalue weighted by atomic mass is 10.1. The van der Waals surface area contributed by atoms with Crippen LogP contribution in [0.5, 0.6) is 11.5 Å². The van der Waals surface area contributed by atoms with Crippen LogP contribution in [0.25, 0.3) is 11.3 Å². The molecule has 0 unspecified atom stereocenters. The van der Waals surface area contributed by atoms with Crippen LogP contribution in [0.2, 0.25) is 5.02 Å². The lowest BCUT2D eigenvalue weighted by Gasteiger charge is -2.28. The number of fused-ring (bicyclic) bond motifs is 2. The van der Waals surface area contributed by atoms with Gasteiger partial charge in [-0.3, -0.25) is 19.3 Å². The molecule has 0 fully saturated rings. The van der Waals surface area contributed by atoms with Crippen molar-refractivity contribution in [3.05, 3.63) is 46.8 Å². The summed E-state index contributed by atoms with van der Waals surface area (Å²) in [4.78, 5) is 42.2. The molecule has 0 atom stereocenters. The maximum absolute atomic E-state index is 12.6. The number of aromatic nitrogens is 1. The average molecular weight is 471 g/mol. The maximum Gasteiger partial charge on any atom is 0.265 e. The molecule has 0 bridgehead atoms. The number of hydrogen-bond donors (Lipinski definition) is 2. The molecule has 3 heterocycles. The van der Waals surface area contributed by atoms with Gasteiger partial charge in [-0.15, -0.1) is 11.3 Å². The Bertz CT molecular complexity index is 1260. The second kappa shape index (κ2) is 8.13. The normalized spacial score (nSPS) is 14.6. The number of nitrogens with one attached hydrogen (secondary N) is 2. The lowest BCUT2D eigenvalue weighted by molar-refractivity contribution is -0.123. The number of nitrogens with zero attached hydrogens (tertiary/aromatic N) is 2. The lowest BCUT2D eigenvalue weighted by Crippen LogP contribution is -2.43. The highest BCUT2D eigenvalue weighted by Crippen LogP contribution is 2.35. The molecule has 1 aromatic heterocycles. The molecule has 2 aromatic carbocycles. The van der Waals surface area contributed by atoms with E-state index in [1.165, 1.54) is 16.2 Å². The Morgan fingerprint density at radius 1 is 1.16 bits per heavy atom. The molecule has 5 rings (SSSR count). The first-order valence-electron chi connectivity index (χ1n) is 9.51. The van der Waals surface area contributed by atoms with Gasteiger partial charge in [0, 0.05) is 16.0 Å². The summed E-state index contributed by atoms with van der Waals surface area (Å²) in [6, 6.07) is 10.2. The number of hydrogen-bond acceptors (Lipinski definition) is 7. The maximum atomic E-state index is 12.6. The van der Waals surface area contributed by atoms with Crippen molar-refractivity contribution in [3.8, 4) is 22.8 Å².